The Morgan fingerprint density at radius 3 is 2.60 bits per heavy atom. The van der Waals surface area contributed by atoms with Crippen LogP contribution in [-0.4, -0.2) is 18.6 Å². The minimum absolute atomic E-state index is 0.143. The van der Waals surface area contributed by atoms with E-state index >= 15 is 0 Å². The fourth-order valence-corrected chi connectivity index (χ4v) is 1.71. The number of halogens is 4. The minimum atomic E-state index is -4.76. The molecule has 0 amide bonds. The van der Waals surface area contributed by atoms with Crippen molar-refractivity contribution in [3.63, 3.8) is 0 Å². The molecule has 0 aliphatic rings. The molecule has 0 atom stereocenters. The second kappa shape index (κ2) is 5.62. The highest BCUT2D eigenvalue weighted by atomic mass is 35.5. The van der Waals surface area contributed by atoms with Gasteiger partial charge in [0.2, 0.25) is 0 Å². The zero-order valence-electron chi connectivity index (χ0n) is 10.2. The van der Waals surface area contributed by atoms with Crippen LogP contribution in [0.25, 0.3) is 11.3 Å². The van der Waals surface area contributed by atoms with Gasteiger partial charge in [-0.25, -0.2) is 0 Å². The first-order chi connectivity index (χ1) is 9.43. The molecule has 8 heteroatoms. The number of nitrogens with zero attached hydrogens (tertiary/aromatic N) is 1. The van der Waals surface area contributed by atoms with Crippen LogP contribution in [0.5, 0.6) is 11.5 Å². The molecular formula is C12H9ClF3NO3. The molecule has 0 spiro atoms. The molecule has 1 heterocycles. The molecule has 4 nitrogen and oxygen atoms in total. The molecule has 108 valence electrons. The molecule has 0 saturated heterocycles. The van der Waals surface area contributed by atoms with Crippen LogP contribution in [0, 0.1) is 0 Å². The summed E-state index contributed by atoms with van der Waals surface area (Å²) in [5.74, 6) is 0.393. The van der Waals surface area contributed by atoms with Crippen LogP contribution in [0.1, 0.15) is 5.76 Å². The van der Waals surface area contributed by atoms with Gasteiger partial charge in [0.05, 0.1) is 13.0 Å². The highest BCUT2D eigenvalue weighted by Gasteiger charge is 2.31. The number of hydrogen-bond acceptors (Lipinski definition) is 4. The maximum absolute atomic E-state index is 12.1. The van der Waals surface area contributed by atoms with E-state index in [1.165, 1.54) is 19.2 Å². The molecule has 20 heavy (non-hydrogen) atoms. The van der Waals surface area contributed by atoms with Gasteiger partial charge in [-0.15, -0.1) is 24.8 Å². The molecule has 2 rings (SSSR count). The highest BCUT2D eigenvalue weighted by molar-refractivity contribution is 6.16. The molecular weight excluding hydrogens is 299 g/mol. The van der Waals surface area contributed by atoms with E-state index < -0.39 is 6.36 Å². The zero-order chi connectivity index (χ0) is 14.8. The van der Waals surface area contributed by atoms with Crippen LogP contribution in [0.15, 0.2) is 28.8 Å². The number of hydrogen-bond donors (Lipinski definition) is 0. The summed E-state index contributed by atoms with van der Waals surface area (Å²) in [6.45, 7) is 0. The Bertz CT molecular complexity index is 598. The number of aromatic nitrogens is 1. The Morgan fingerprint density at radius 2 is 2.05 bits per heavy atom. The maximum Gasteiger partial charge on any atom is 0.573 e. The predicted molar refractivity (Wildman–Crippen MR) is 64.7 cm³/mol. The first-order valence-corrected chi connectivity index (χ1v) is 5.92. The summed E-state index contributed by atoms with van der Waals surface area (Å²) in [5, 5.41) is 3.77. The molecule has 0 N–H and O–H groups in total. The van der Waals surface area contributed by atoms with E-state index in [1.807, 2.05) is 0 Å². The lowest BCUT2D eigenvalue weighted by molar-refractivity contribution is -0.274. The van der Waals surface area contributed by atoms with E-state index in [-0.39, 0.29) is 17.4 Å². The summed E-state index contributed by atoms with van der Waals surface area (Å²) in [7, 11) is 1.33. The van der Waals surface area contributed by atoms with Crippen molar-refractivity contribution >= 4 is 11.6 Å². The Hall–Kier alpha value is -1.89. The Kier molecular flexibility index (Phi) is 4.08. The number of rotatable bonds is 4. The number of benzene rings is 1. The van der Waals surface area contributed by atoms with Gasteiger partial charge in [-0.1, -0.05) is 5.16 Å². The predicted octanol–water partition coefficient (Wildman–Crippen LogP) is 3.99. The molecule has 0 bridgehead atoms. The van der Waals surface area contributed by atoms with Crippen molar-refractivity contribution in [3.8, 4) is 22.8 Å². The number of methoxy groups -OCH3 is 1. The van der Waals surface area contributed by atoms with Crippen molar-refractivity contribution in [1.29, 1.82) is 0 Å². The summed E-state index contributed by atoms with van der Waals surface area (Å²) in [6.07, 6.45) is -4.76. The maximum atomic E-state index is 12.1. The fourth-order valence-electron chi connectivity index (χ4n) is 1.58. The van der Waals surface area contributed by atoms with E-state index in [1.54, 1.807) is 6.07 Å². The lowest BCUT2D eigenvalue weighted by Gasteiger charge is -2.11. The minimum Gasteiger partial charge on any atom is -0.496 e. The lowest BCUT2D eigenvalue weighted by Crippen LogP contribution is -2.17. The summed E-state index contributed by atoms with van der Waals surface area (Å²) >= 11 is 5.59. The monoisotopic (exact) mass is 307 g/mol. The Balaban J connectivity index is 2.35. The zero-order valence-corrected chi connectivity index (χ0v) is 11.0. The lowest BCUT2D eigenvalue weighted by atomic mass is 10.1. The summed E-state index contributed by atoms with van der Waals surface area (Å²) in [4.78, 5) is 0. The van der Waals surface area contributed by atoms with Gasteiger partial charge in [0.25, 0.3) is 0 Å². The summed E-state index contributed by atoms with van der Waals surface area (Å²) < 4.78 is 50.2. The van der Waals surface area contributed by atoms with E-state index in [4.69, 9.17) is 20.9 Å². The molecule has 2 aromatic rings. The van der Waals surface area contributed by atoms with Crippen LogP contribution < -0.4 is 9.47 Å². The van der Waals surface area contributed by atoms with Crippen molar-refractivity contribution < 1.29 is 27.2 Å². The normalized spacial score (nSPS) is 11.4. The average molecular weight is 308 g/mol. The largest absolute Gasteiger partial charge is 0.573 e. The van der Waals surface area contributed by atoms with Gasteiger partial charge < -0.3 is 14.0 Å². The molecule has 0 aliphatic heterocycles. The first-order valence-electron chi connectivity index (χ1n) is 5.38. The van der Waals surface area contributed by atoms with Crippen molar-refractivity contribution in [2.24, 2.45) is 0 Å². The quantitative estimate of drug-likeness (QED) is 0.801. The third-order valence-corrected chi connectivity index (χ3v) is 2.64. The van der Waals surface area contributed by atoms with Crippen LogP contribution in [0.2, 0.25) is 0 Å². The molecule has 0 aliphatic carbocycles. The van der Waals surface area contributed by atoms with Crippen LogP contribution in [0.3, 0.4) is 0 Å². The van der Waals surface area contributed by atoms with Crippen molar-refractivity contribution in [3.05, 3.63) is 30.0 Å². The van der Waals surface area contributed by atoms with Crippen LogP contribution in [-0.2, 0) is 5.88 Å². The van der Waals surface area contributed by atoms with E-state index in [0.717, 1.165) is 6.07 Å². The van der Waals surface area contributed by atoms with Crippen LogP contribution >= 0.6 is 11.6 Å². The number of alkyl halides is 4. The van der Waals surface area contributed by atoms with E-state index in [0.29, 0.717) is 17.0 Å². The Morgan fingerprint density at radius 1 is 1.30 bits per heavy atom. The summed E-state index contributed by atoms with van der Waals surface area (Å²) in [6, 6.07) is 5.27. The smallest absolute Gasteiger partial charge is 0.496 e. The third-order valence-electron chi connectivity index (χ3n) is 2.37. The molecule has 1 aromatic heterocycles. The standard InChI is InChI=1S/C12H9ClF3NO3/c1-18-11-5-7(19-12(14,15)16)2-3-9(11)10-4-8(6-13)20-17-10/h2-5H,6H2,1H3. The molecule has 1 aromatic carbocycles. The third kappa shape index (κ3) is 3.36. The van der Waals surface area contributed by atoms with Gasteiger partial charge in [-0.2, -0.15) is 0 Å². The average Bonchev–Trinajstić information content (AvgIpc) is 2.85. The van der Waals surface area contributed by atoms with Crippen molar-refractivity contribution in [2.45, 2.75) is 12.2 Å². The van der Waals surface area contributed by atoms with Gasteiger partial charge in [0.15, 0.2) is 5.76 Å². The van der Waals surface area contributed by atoms with Gasteiger partial charge in [-0.05, 0) is 12.1 Å². The first kappa shape index (κ1) is 14.5. The Labute approximate surface area is 117 Å². The van der Waals surface area contributed by atoms with Crippen LogP contribution in [0.4, 0.5) is 13.2 Å². The number of ether oxygens (including phenoxy) is 2. The second-order valence-electron chi connectivity index (χ2n) is 3.72. The molecule has 0 unspecified atom stereocenters. The SMILES string of the molecule is COc1cc(OC(F)(F)F)ccc1-c1cc(CCl)on1. The van der Waals surface area contributed by atoms with Gasteiger partial charge in [0.1, 0.15) is 17.2 Å². The molecule has 0 fully saturated rings. The topological polar surface area (TPSA) is 44.5 Å². The van der Waals surface area contributed by atoms with E-state index in [9.17, 15) is 13.2 Å². The van der Waals surface area contributed by atoms with Crippen molar-refractivity contribution in [1.82, 2.24) is 5.16 Å². The molecule has 0 saturated carbocycles. The highest BCUT2D eigenvalue weighted by Crippen LogP contribution is 2.34. The molecule has 0 radical (unpaired) electrons. The van der Waals surface area contributed by atoms with Crippen molar-refractivity contribution in [2.75, 3.05) is 7.11 Å². The van der Waals surface area contributed by atoms with Gasteiger partial charge in [-0.3, -0.25) is 0 Å². The van der Waals surface area contributed by atoms with E-state index in [2.05, 4.69) is 9.89 Å². The van der Waals surface area contributed by atoms with Gasteiger partial charge in [0, 0.05) is 17.7 Å². The van der Waals surface area contributed by atoms with Gasteiger partial charge >= 0.3 is 6.36 Å². The fraction of sp³-hybridized carbons (Fsp3) is 0.250. The summed E-state index contributed by atoms with van der Waals surface area (Å²) in [5.41, 5.74) is 0.887. The second-order valence-corrected chi connectivity index (χ2v) is 3.99.